The van der Waals surface area contributed by atoms with Gasteiger partial charge >= 0.3 is 0 Å². The first-order valence-electron chi connectivity index (χ1n) is 7.90. The van der Waals surface area contributed by atoms with Gasteiger partial charge in [0.1, 0.15) is 0 Å². The lowest BCUT2D eigenvalue weighted by Gasteiger charge is -2.12. The number of halogens is 1. The highest BCUT2D eigenvalue weighted by Gasteiger charge is 2.24. The number of ether oxygens (including phenoxy) is 3. The number of thioether (sulfide) groups is 1. The zero-order valence-corrected chi connectivity index (χ0v) is 16.5. The maximum absolute atomic E-state index is 12.3. The predicted molar refractivity (Wildman–Crippen MR) is 108 cm³/mol. The Morgan fingerprint density at radius 2 is 1.74 bits per heavy atom. The number of hydrogen-bond acceptors (Lipinski definition) is 6. The maximum Gasteiger partial charge on any atom is 0.264 e. The van der Waals surface area contributed by atoms with Gasteiger partial charge in [-0.3, -0.25) is 4.79 Å². The zero-order valence-electron chi connectivity index (χ0n) is 14.9. The summed E-state index contributed by atoms with van der Waals surface area (Å²) in [5.41, 5.74) is 1.33. The second-order valence-electron chi connectivity index (χ2n) is 5.39. The number of benzene rings is 2. The number of aliphatic imine (C=N–C) groups is 1. The summed E-state index contributed by atoms with van der Waals surface area (Å²) in [5, 5.41) is 3.72. The van der Waals surface area contributed by atoms with Crippen LogP contribution < -0.4 is 19.5 Å². The van der Waals surface area contributed by atoms with E-state index >= 15 is 0 Å². The fourth-order valence-corrected chi connectivity index (χ4v) is 3.48. The van der Waals surface area contributed by atoms with E-state index < -0.39 is 0 Å². The molecule has 2 aromatic carbocycles. The van der Waals surface area contributed by atoms with Gasteiger partial charge in [-0.25, -0.2) is 4.99 Å². The fourth-order valence-electron chi connectivity index (χ4n) is 2.47. The van der Waals surface area contributed by atoms with Crippen molar-refractivity contribution in [2.45, 2.75) is 0 Å². The SMILES string of the molecule is COc1cc(C=C2SC(=Nc3ccccc3Cl)NC2=O)cc(OC)c1OC. The van der Waals surface area contributed by atoms with Crippen LogP contribution in [0.3, 0.4) is 0 Å². The van der Waals surface area contributed by atoms with Crippen molar-refractivity contribution in [2.75, 3.05) is 21.3 Å². The van der Waals surface area contributed by atoms with Crippen molar-refractivity contribution < 1.29 is 19.0 Å². The molecule has 27 heavy (non-hydrogen) atoms. The van der Waals surface area contributed by atoms with E-state index in [1.165, 1.54) is 18.9 Å². The van der Waals surface area contributed by atoms with Crippen LogP contribution in [0.4, 0.5) is 5.69 Å². The van der Waals surface area contributed by atoms with Crippen molar-refractivity contribution in [3.63, 3.8) is 0 Å². The van der Waals surface area contributed by atoms with Crippen LogP contribution in [0.5, 0.6) is 17.2 Å². The van der Waals surface area contributed by atoms with Gasteiger partial charge in [0.15, 0.2) is 16.7 Å². The molecule has 1 amide bonds. The molecule has 0 atom stereocenters. The lowest BCUT2D eigenvalue weighted by Crippen LogP contribution is -2.19. The van der Waals surface area contributed by atoms with E-state index in [0.29, 0.717) is 38.0 Å². The number of nitrogens with one attached hydrogen (secondary N) is 1. The number of amides is 1. The first-order valence-corrected chi connectivity index (χ1v) is 9.09. The molecule has 1 saturated heterocycles. The third-order valence-electron chi connectivity index (χ3n) is 3.71. The smallest absolute Gasteiger partial charge is 0.264 e. The average molecular weight is 405 g/mol. The molecule has 3 rings (SSSR count). The first-order chi connectivity index (χ1) is 13.0. The molecule has 0 radical (unpaired) electrons. The van der Waals surface area contributed by atoms with Crippen LogP contribution in [0.15, 0.2) is 46.3 Å². The molecule has 1 fully saturated rings. The summed E-state index contributed by atoms with van der Waals surface area (Å²) in [4.78, 5) is 17.2. The van der Waals surface area contributed by atoms with Gasteiger partial charge in [-0.05, 0) is 47.7 Å². The van der Waals surface area contributed by atoms with Gasteiger partial charge in [0, 0.05) is 0 Å². The molecular formula is C19H17ClN2O4S. The van der Waals surface area contributed by atoms with Crippen molar-refractivity contribution in [1.82, 2.24) is 5.32 Å². The van der Waals surface area contributed by atoms with E-state index in [4.69, 9.17) is 25.8 Å². The van der Waals surface area contributed by atoms with E-state index in [0.717, 1.165) is 5.56 Å². The number of carbonyl (C=O) groups excluding carboxylic acids is 1. The summed E-state index contributed by atoms with van der Waals surface area (Å²) in [7, 11) is 4.62. The van der Waals surface area contributed by atoms with E-state index in [1.54, 1.807) is 44.6 Å². The minimum Gasteiger partial charge on any atom is -0.493 e. The Balaban J connectivity index is 1.92. The van der Waals surface area contributed by atoms with Crippen LogP contribution in [-0.2, 0) is 4.79 Å². The van der Waals surface area contributed by atoms with Gasteiger partial charge in [0.25, 0.3) is 5.91 Å². The van der Waals surface area contributed by atoms with Crippen molar-refractivity contribution in [3.05, 3.63) is 51.9 Å². The first kappa shape index (κ1) is 19.1. The van der Waals surface area contributed by atoms with Crippen LogP contribution in [0, 0.1) is 0 Å². The van der Waals surface area contributed by atoms with Gasteiger partial charge < -0.3 is 19.5 Å². The minimum atomic E-state index is -0.237. The average Bonchev–Trinajstić information content (AvgIpc) is 3.01. The molecule has 0 bridgehead atoms. The molecule has 0 unspecified atom stereocenters. The number of methoxy groups -OCH3 is 3. The van der Waals surface area contributed by atoms with Crippen molar-refractivity contribution in [1.29, 1.82) is 0 Å². The Labute approximate surface area is 166 Å². The monoisotopic (exact) mass is 404 g/mol. The number of hydrogen-bond donors (Lipinski definition) is 1. The van der Waals surface area contributed by atoms with E-state index in [-0.39, 0.29) is 5.91 Å². The van der Waals surface area contributed by atoms with E-state index in [9.17, 15) is 4.79 Å². The van der Waals surface area contributed by atoms with Gasteiger partial charge in [-0.1, -0.05) is 23.7 Å². The van der Waals surface area contributed by atoms with E-state index in [2.05, 4.69) is 10.3 Å². The predicted octanol–water partition coefficient (Wildman–Crippen LogP) is 4.26. The second-order valence-corrected chi connectivity index (χ2v) is 6.83. The topological polar surface area (TPSA) is 69.2 Å². The summed E-state index contributed by atoms with van der Waals surface area (Å²) in [6, 6.07) is 10.7. The van der Waals surface area contributed by atoms with Crippen LogP contribution in [0.1, 0.15) is 5.56 Å². The van der Waals surface area contributed by atoms with Crippen molar-refractivity contribution >= 4 is 46.2 Å². The molecule has 1 heterocycles. The number of para-hydroxylation sites is 1. The molecule has 0 aliphatic carbocycles. The third-order valence-corrected chi connectivity index (χ3v) is 4.94. The minimum absolute atomic E-state index is 0.237. The Hall–Kier alpha value is -2.64. The van der Waals surface area contributed by atoms with Crippen molar-refractivity contribution in [3.8, 4) is 17.2 Å². The largest absolute Gasteiger partial charge is 0.493 e. The maximum atomic E-state index is 12.3. The Kier molecular flexibility index (Phi) is 5.93. The summed E-state index contributed by atoms with van der Waals surface area (Å²) >= 11 is 7.35. The molecular weight excluding hydrogens is 388 g/mol. The third kappa shape index (κ3) is 4.20. The molecule has 6 nitrogen and oxygen atoms in total. The van der Waals surface area contributed by atoms with Crippen LogP contribution in [0.2, 0.25) is 5.02 Å². The van der Waals surface area contributed by atoms with Crippen LogP contribution in [-0.4, -0.2) is 32.4 Å². The highest BCUT2D eigenvalue weighted by Crippen LogP contribution is 2.39. The quantitative estimate of drug-likeness (QED) is 0.754. The Morgan fingerprint density at radius 1 is 1.07 bits per heavy atom. The van der Waals surface area contributed by atoms with Gasteiger partial charge in [0.2, 0.25) is 5.75 Å². The highest BCUT2D eigenvalue weighted by molar-refractivity contribution is 8.18. The van der Waals surface area contributed by atoms with Gasteiger partial charge in [-0.15, -0.1) is 0 Å². The van der Waals surface area contributed by atoms with Crippen LogP contribution >= 0.6 is 23.4 Å². The van der Waals surface area contributed by atoms with Gasteiger partial charge in [0.05, 0.1) is 36.9 Å². The van der Waals surface area contributed by atoms with Crippen molar-refractivity contribution in [2.24, 2.45) is 4.99 Å². The second kappa shape index (κ2) is 8.37. The summed E-state index contributed by atoms with van der Waals surface area (Å²) in [6.07, 6.45) is 1.74. The highest BCUT2D eigenvalue weighted by atomic mass is 35.5. The molecule has 140 valence electrons. The normalized spacial score (nSPS) is 16.5. The number of carbonyl (C=O) groups is 1. The summed E-state index contributed by atoms with van der Waals surface area (Å²) in [6.45, 7) is 0. The summed E-state index contributed by atoms with van der Waals surface area (Å²) in [5.74, 6) is 1.28. The zero-order chi connectivity index (χ0) is 19.4. The standard InChI is InChI=1S/C19H17ClN2O4S/c1-24-14-8-11(9-15(25-2)17(14)26-3)10-16-18(23)22-19(27-16)21-13-7-5-4-6-12(13)20/h4-10H,1-3H3,(H,21,22,23). The molecule has 0 saturated carbocycles. The number of nitrogens with zero attached hydrogens (tertiary/aromatic N) is 1. The molecule has 8 heteroatoms. The molecule has 1 aliphatic rings. The molecule has 2 aromatic rings. The summed E-state index contributed by atoms with van der Waals surface area (Å²) < 4.78 is 16.0. The van der Waals surface area contributed by atoms with Crippen LogP contribution in [0.25, 0.3) is 6.08 Å². The molecule has 1 N–H and O–H groups in total. The van der Waals surface area contributed by atoms with E-state index in [1.807, 2.05) is 12.1 Å². The Morgan fingerprint density at radius 3 is 2.33 bits per heavy atom. The fraction of sp³-hybridized carbons (Fsp3) is 0.158. The number of rotatable bonds is 5. The lowest BCUT2D eigenvalue weighted by molar-refractivity contribution is -0.115. The van der Waals surface area contributed by atoms with Gasteiger partial charge in [-0.2, -0.15) is 0 Å². The lowest BCUT2D eigenvalue weighted by atomic mass is 10.1. The molecule has 1 aliphatic heterocycles. The Bertz CT molecular complexity index is 918. The molecule has 0 aromatic heterocycles. The molecule has 0 spiro atoms. The number of amidine groups is 1.